The fraction of sp³-hybridized carbons (Fsp3) is 0.412. The van der Waals surface area contributed by atoms with E-state index in [1.54, 1.807) is 0 Å². The Labute approximate surface area is 125 Å². The number of aryl methyl sites for hydroxylation is 2. The van der Waals surface area contributed by atoms with E-state index < -0.39 is 0 Å². The van der Waals surface area contributed by atoms with Gasteiger partial charge >= 0.3 is 0 Å². The molecule has 0 saturated heterocycles. The van der Waals surface area contributed by atoms with Crippen molar-refractivity contribution in [2.45, 2.75) is 37.8 Å². The van der Waals surface area contributed by atoms with Gasteiger partial charge in [0.25, 0.3) is 0 Å². The zero-order valence-electron chi connectivity index (χ0n) is 12.5. The summed E-state index contributed by atoms with van der Waals surface area (Å²) in [6, 6.07) is 13.1. The fourth-order valence-electron chi connectivity index (χ4n) is 3.15. The summed E-state index contributed by atoms with van der Waals surface area (Å²) in [5.74, 6) is 0. The average Bonchev–Trinajstić information content (AvgIpc) is 2.77. The molecule has 1 aliphatic rings. The molecule has 1 aliphatic carbocycles. The number of hydrogen-bond acceptors (Lipinski definition) is 3. The Morgan fingerprint density at radius 1 is 1.38 bits per heavy atom. The Bertz CT molecular complexity index is 660. The minimum absolute atomic E-state index is 0.303. The number of hydrogen-bond donors (Lipinski definition) is 1. The van der Waals surface area contributed by atoms with Gasteiger partial charge in [0.15, 0.2) is 0 Å². The molecule has 108 valence electrons. The van der Waals surface area contributed by atoms with Crippen molar-refractivity contribution in [3.63, 3.8) is 0 Å². The van der Waals surface area contributed by atoms with Gasteiger partial charge in [0, 0.05) is 31.4 Å². The Morgan fingerprint density at radius 3 is 2.67 bits per heavy atom. The van der Waals surface area contributed by atoms with E-state index in [-0.39, 0.29) is 5.41 Å². The third kappa shape index (κ3) is 2.57. The Hall–Kier alpha value is -2.12. The van der Waals surface area contributed by atoms with Crippen molar-refractivity contribution in [3.05, 3.63) is 53.3 Å². The zero-order chi connectivity index (χ0) is 14.9. The third-order valence-corrected chi connectivity index (χ3v) is 4.43. The Morgan fingerprint density at radius 2 is 2.10 bits per heavy atom. The van der Waals surface area contributed by atoms with Crippen LogP contribution in [0.3, 0.4) is 0 Å². The van der Waals surface area contributed by atoms with E-state index in [0.717, 1.165) is 30.6 Å². The van der Waals surface area contributed by atoms with Crippen LogP contribution in [-0.2, 0) is 19.0 Å². The molecule has 4 heteroatoms. The van der Waals surface area contributed by atoms with Gasteiger partial charge in [-0.3, -0.25) is 4.68 Å². The summed E-state index contributed by atoms with van der Waals surface area (Å²) in [4.78, 5) is 0. The Kier molecular flexibility index (Phi) is 3.52. The van der Waals surface area contributed by atoms with Crippen LogP contribution >= 0.6 is 0 Å². The normalized spacial score (nSPS) is 24.3. The quantitative estimate of drug-likeness (QED) is 0.936. The molecule has 1 heterocycles. The van der Waals surface area contributed by atoms with Crippen LogP contribution in [0.25, 0.3) is 0 Å². The lowest BCUT2D eigenvalue weighted by Crippen LogP contribution is -2.50. The van der Waals surface area contributed by atoms with Crippen LogP contribution in [0.4, 0.5) is 0 Å². The van der Waals surface area contributed by atoms with Crippen molar-refractivity contribution in [2.75, 3.05) is 0 Å². The first-order valence-corrected chi connectivity index (χ1v) is 7.32. The second kappa shape index (κ2) is 5.34. The SMILES string of the molecule is Cc1nn(C)cc1CNC1CC(C#N)(c2ccccc2)C1. The molecule has 0 aliphatic heterocycles. The van der Waals surface area contributed by atoms with E-state index in [1.165, 1.54) is 5.56 Å². The molecule has 0 bridgehead atoms. The smallest absolute Gasteiger partial charge is 0.0852 e. The number of nitrogens with one attached hydrogen (secondary N) is 1. The lowest BCUT2D eigenvalue weighted by Gasteiger charge is -2.43. The maximum Gasteiger partial charge on any atom is 0.0852 e. The zero-order valence-corrected chi connectivity index (χ0v) is 12.5. The maximum atomic E-state index is 9.55. The number of rotatable bonds is 4. The molecule has 1 aromatic carbocycles. The molecule has 2 aromatic rings. The van der Waals surface area contributed by atoms with Crippen LogP contribution < -0.4 is 5.32 Å². The van der Waals surface area contributed by atoms with Crippen molar-refractivity contribution in [1.29, 1.82) is 5.26 Å². The second-order valence-electron chi connectivity index (χ2n) is 5.96. The van der Waals surface area contributed by atoms with Crippen LogP contribution in [0.1, 0.15) is 29.7 Å². The first-order valence-electron chi connectivity index (χ1n) is 7.32. The van der Waals surface area contributed by atoms with Gasteiger partial charge in [-0.15, -0.1) is 0 Å². The van der Waals surface area contributed by atoms with Crippen molar-refractivity contribution in [3.8, 4) is 6.07 Å². The van der Waals surface area contributed by atoms with Gasteiger partial charge in [0.2, 0.25) is 0 Å². The second-order valence-corrected chi connectivity index (χ2v) is 5.96. The molecule has 1 aromatic heterocycles. The minimum Gasteiger partial charge on any atom is -0.310 e. The number of nitriles is 1. The lowest BCUT2D eigenvalue weighted by atomic mass is 9.62. The monoisotopic (exact) mass is 280 g/mol. The summed E-state index contributed by atoms with van der Waals surface area (Å²) in [5, 5.41) is 17.4. The molecular weight excluding hydrogens is 260 g/mol. The topological polar surface area (TPSA) is 53.6 Å². The maximum absolute atomic E-state index is 9.55. The summed E-state index contributed by atoms with van der Waals surface area (Å²) in [6.07, 6.45) is 3.81. The van der Waals surface area contributed by atoms with E-state index in [1.807, 2.05) is 36.9 Å². The minimum atomic E-state index is -0.303. The molecule has 0 spiro atoms. The van der Waals surface area contributed by atoms with Crippen molar-refractivity contribution >= 4 is 0 Å². The molecule has 0 unspecified atom stereocenters. The molecule has 1 saturated carbocycles. The average molecular weight is 280 g/mol. The molecular formula is C17H20N4. The first kappa shape index (κ1) is 13.8. The summed E-state index contributed by atoms with van der Waals surface area (Å²) in [7, 11) is 1.94. The number of nitrogens with zero attached hydrogens (tertiary/aromatic N) is 3. The van der Waals surface area contributed by atoms with E-state index in [9.17, 15) is 5.26 Å². The standard InChI is InChI=1S/C17H20N4/c1-13-14(11-21(2)20-13)10-19-16-8-17(9-16,12-18)15-6-4-3-5-7-15/h3-7,11,16,19H,8-10H2,1-2H3. The molecule has 1 fully saturated rings. The summed E-state index contributed by atoms with van der Waals surface area (Å²) in [6.45, 7) is 2.85. The molecule has 0 radical (unpaired) electrons. The summed E-state index contributed by atoms with van der Waals surface area (Å²) >= 11 is 0. The summed E-state index contributed by atoms with van der Waals surface area (Å²) < 4.78 is 1.84. The first-order chi connectivity index (χ1) is 10.1. The van der Waals surface area contributed by atoms with E-state index >= 15 is 0 Å². The molecule has 0 atom stereocenters. The van der Waals surface area contributed by atoms with Gasteiger partial charge in [-0.05, 0) is 25.3 Å². The van der Waals surface area contributed by atoms with Crippen LogP contribution in [0.15, 0.2) is 36.5 Å². The highest BCUT2D eigenvalue weighted by Crippen LogP contribution is 2.43. The number of benzene rings is 1. The number of aromatic nitrogens is 2. The van der Waals surface area contributed by atoms with Gasteiger partial charge in [0.1, 0.15) is 0 Å². The van der Waals surface area contributed by atoms with Gasteiger partial charge in [-0.2, -0.15) is 10.4 Å². The van der Waals surface area contributed by atoms with Crippen LogP contribution in [-0.4, -0.2) is 15.8 Å². The van der Waals surface area contributed by atoms with Crippen LogP contribution in [0.5, 0.6) is 0 Å². The largest absolute Gasteiger partial charge is 0.310 e. The predicted molar refractivity (Wildman–Crippen MR) is 81.5 cm³/mol. The highest BCUT2D eigenvalue weighted by Gasteiger charge is 2.45. The highest BCUT2D eigenvalue weighted by atomic mass is 15.3. The molecule has 0 amide bonds. The fourth-order valence-corrected chi connectivity index (χ4v) is 3.15. The molecule has 3 rings (SSSR count). The van der Waals surface area contributed by atoms with Gasteiger partial charge in [0.05, 0.1) is 17.2 Å². The van der Waals surface area contributed by atoms with Crippen LogP contribution in [0, 0.1) is 18.3 Å². The predicted octanol–water partition coefficient (Wildman–Crippen LogP) is 2.44. The van der Waals surface area contributed by atoms with Crippen LogP contribution in [0.2, 0.25) is 0 Å². The summed E-state index contributed by atoms with van der Waals surface area (Å²) in [5.41, 5.74) is 3.14. The van der Waals surface area contributed by atoms with Gasteiger partial charge in [-0.25, -0.2) is 0 Å². The van der Waals surface area contributed by atoms with E-state index in [2.05, 4.69) is 34.8 Å². The third-order valence-electron chi connectivity index (χ3n) is 4.43. The van der Waals surface area contributed by atoms with Crippen molar-refractivity contribution in [2.24, 2.45) is 7.05 Å². The van der Waals surface area contributed by atoms with Crippen molar-refractivity contribution < 1.29 is 0 Å². The Balaban J connectivity index is 1.60. The van der Waals surface area contributed by atoms with E-state index in [4.69, 9.17) is 0 Å². The highest BCUT2D eigenvalue weighted by molar-refractivity contribution is 5.37. The van der Waals surface area contributed by atoms with Crippen molar-refractivity contribution in [1.82, 2.24) is 15.1 Å². The van der Waals surface area contributed by atoms with Gasteiger partial charge in [-0.1, -0.05) is 30.3 Å². The molecule has 1 N–H and O–H groups in total. The molecule has 21 heavy (non-hydrogen) atoms. The lowest BCUT2D eigenvalue weighted by molar-refractivity contribution is 0.225. The molecule has 4 nitrogen and oxygen atoms in total. The van der Waals surface area contributed by atoms with Gasteiger partial charge < -0.3 is 5.32 Å². The van der Waals surface area contributed by atoms with E-state index in [0.29, 0.717) is 6.04 Å².